The third-order valence-corrected chi connectivity index (χ3v) is 4.97. The lowest BCUT2D eigenvalue weighted by molar-refractivity contribution is -0.138. The highest BCUT2D eigenvalue weighted by Crippen LogP contribution is 2.28. The minimum atomic E-state index is -4.44. The van der Waals surface area contributed by atoms with Gasteiger partial charge in [-0.2, -0.15) is 13.2 Å². The van der Waals surface area contributed by atoms with Crippen molar-refractivity contribution in [1.29, 1.82) is 0 Å². The van der Waals surface area contributed by atoms with Crippen LogP contribution in [0.4, 0.5) is 13.2 Å². The molecule has 7 nitrogen and oxygen atoms in total. The van der Waals surface area contributed by atoms with Gasteiger partial charge in [-0.1, -0.05) is 0 Å². The zero-order valence-corrected chi connectivity index (χ0v) is 15.4. The third-order valence-electron chi connectivity index (χ3n) is 4.97. The topological polar surface area (TPSA) is 74.8 Å². The van der Waals surface area contributed by atoms with Gasteiger partial charge in [-0.05, 0) is 12.1 Å². The molecule has 0 spiro atoms. The maximum absolute atomic E-state index is 12.5. The van der Waals surface area contributed by atoms with Gasteiger partial charge in [0, 0.05) is 45.3 Å². The summed E-state index contributed by atoms with van der Waals surface area (Å²) in [7, 11) is 0. The Hall–Kier alpha value is -2.20. The number of pyridine rings is 1. The Morgan fingerprint density at radius 1 is 1.25 bits per heavy atom. The van der Waals surface area contributed by atoms with Crippen molar-refractivity contribution in [3.05, 3.63) is 29.6 Å². The summed E-state index contributed by atoms with van der Waals surface area (Å²) in [6, 6.07) is 2.17. The largest absolute Gasteiger partial charge is 0.417 e. The lowest BCUT2D eigenvalue weighted by atomic mass is 10.1. The zero-order chi connectivity index (χ0) is 20.1. The van der Waals surface area contributed by atoms with Crippen molar-refractivity contribution >= 4 is 11.8 Å². The van der Waals surface area contributed by atoms with Crippen molar-refractivity contribution in [2.24, 2.45) is 5.92 Å². The van der Waals surface area contributed by atoms with Crippen LogP contribution in [0.15, 0.2) is 18.3 Å². The van der Waals surface area contributed by atoms with E-state index >= 15 is 0 Å². The van der Waals surface area contributed by atoms with E-state index < -0.39 is 17.7 Å². The highest BCUT2D eigenvalue weighted by Gasteiger charge is 2.34. The summed E-state index contributed by atoms with van der Waals surface area (Å²) >= 11 is 0. The molecule has 1 aromatic rings. The van der Waals surface area contributed by atoms with Crippen LogP contribution in [0.2, 0.25) is 0 Å². The molecule has 0 aromatic carbocycles. The molecule has 1 unspecified atom stereocenters. The smallest absolute Gasteiger partial charge is 0.379 e. The number of halogens is 3. The number of likely N-dealkylation sites (tertiary alicyclic amines) is 1. The Morgan fingerprint density at radius 2 is 2.00 bits per heavy atom. The molecule has 2 saturated heterocycles. The van der Waals surface area contributed by atoms with E-state index in [-0.39, 0.29) is 24.8 Å². The van der Waals surface area contributed by atoms with Crippen LogP contribution in [-0.2, 0) is 27.0 Å². The first-order valence-electron chi connectivity index (χ1n) is 9.20. The second kappa shape index (κ2) is 8.87. The zero-order valence-electron chi connectivity index (χ0n) is 15.4. The first-order chi connectivity index (χ1) is 13.3. The molecule has 0 bridgehead atoms. The Balaban J connectivity index is 1.44. The number of nitrogens with one attached hydrogen (secondary N) is 1. The number of amides is 2. The third kappa shape index (κ3) is 5.41. The molecule has 154 valence electrons. The van der Waals surface area contributed by atoms with Gasteiger partial charge in [-0.25, -0.2) is 0 Å². The minimum Gasteiger partial charge on any atom is -0.379 e. The number of nitrogens with zero attached hydrogens (tertiary/aromatic N) is 3. The monoisotopic (exact) mass is 400 g/mol. The van der Waals surface area contributed by atoms with Crippen LogP contribution in [0, 0.1) is 5.92 Å². The first-order valence-corrected chi connectivity index (χ1v) is 9.20. The predicted molar refractivity (Wildman–Crippen MR) is 93.0 cm³/mol. The van der Waals surface area contributed by atoms with E-state index in [0.29, 0.717) is 32.0 Å². The number of carbonyl (C=O) groups is 2. The molecule has 0 saturated carbocycles. The normalized spacial score (nSPS) is 21.2. The van der Waals surface area contributed by atoms with E-state index in [1.807, 2.05) is 0 Å². The van der Waals surface area contributed by atoms with Gasteiger partial charge in [0.2, 0.25) is 11.8 Å². The minimum absolute atomic E-state index is 0.0233. The van der Waals surface area contributed by atoms with E-state index in [2.05, 4.69) is 15.2 Å². The summed E-state index contributed by atoms with van der Waals surface area (Å²) in [5, 5.41) is 2.66. The van der Waals surface area contributed by atoms with Crippen LogP contribution in [0.25, 0.3) is 0 Å². The number of rotatable bonds is 6. The van der Waals surface area contributed by atoms with E-state index in [1.54, 1.807) is 4.90 Å². The number of hydrogen-bond donors (Lipinski definition) is 1. The van der Waals surface area contributed by atoms with E-state index in [1.165, 1.54) is 6.07 Å². The van der Waals surface area contributed by atoms with Crippen molar-refractivity contribution in [2.45, 2.75) is 19.1 Å². The van der Waals surface area contributed by atoms with Gasteiger partial charge in [0.1, 0.15) is 0 Å². The quantitative estimate of drug-likeness (QED) is 0.768. The number of alkyl halides is 3. The van der Waals surface area contributed by atoms with Crippen LogP contribution in [-0.4, -0.2) is 72.5 Å². The fourth-order valence-electron chi connectivity index (χ4n) is 3.27. The number of ether oxygens (including phenoxy) is 1. The molecule has 3 heterocycles. The fraction of sp³-hybridized carbons (Fsp3) is 0.611. The highest BCUT2D eigenvalue weighted by atomic mass is 19.4. The van der Waals surface area contributed by atoms with Gasteiger partial charge in [0.05, 0.1) is 36.9 Å². The summed E-state index contributed by atoms with van der Waals surface area (Å²) in [4.78, 5) is 32.1. The van der Waals surface area contributed by atoms with E-state index in [0.717, 1.165) is 31.9 Å². The number of aromatic nitrogens is 1. The van der Waals surface area contributed by atoms with Gasteiger partial charge in [-0.15, -0.1) is 0 Å². The van der Waals surface area contributed by atoms with Gasteiger partial charge in [0.25, 0.3) is 0 Å². The maximum Gasteiger partial charge on any atom is 0.417 e. The Kier molecular flexibility index (Phi) is 6.50. The van der Waals surface area contributed by atoms with Crippen molar-refractivity contribution in [2.75, 3.05) is 45.9 Å². The number of morpholine rings is 1. The molecule has 28 heavy (non-hydrogen) atoms. The average molecular weight is 400 g/mol. The van der Waals surface area contributed by atoms with Gasteiger partial charge >= 0.3 is 6.18 Å². The summed E-state index contributed by atoms with van der Waals surface area (Å²) in [6.07, 6.45) is -3.55. The van der Waals surface area contributed by atoms with E-state index in [4.69, 9.17) is 4.74 Å². The first kappa shape index (κ1) is 20.5. The summed E-state index contributed by atoms with van der Waals surface area (Å²) in [5.41, 5.74) is -0.505. The Morgan fingerprint density at radius 3 is 2.64 bits per heavy atom. The van der Waals surface area contributed by atoms with Crippen LogP contribution in [0.5, 0.6) is 0 Å². The second-order valence-electron chi connectivity index (χ2n) is 6.95. The second-order valence-corrected chi connectivity index (χ2v) is 6.95. The molecule has 1 aromatic heterocycles. The molecule has 1 atom stereocenters. The molecule has 2 aliphatic heterocycles. The van der Waals surface area contributed by atoms with E-state index in [9.17, 15) is 22.8 Å². The van der Waals surface area contributed by atoms with Crippen molar-refractivity contribution in [3.8, 4) is 0 Å². The molecule has 0 aliphatic carbocycles. The summed E-state index contributed by atoms with van der Waals surface area (Å²) in [5.74, 6) is -0.795. The van der Waals surface area contributed by atoms with Crippen molar-refractivity contribution in [1.82, 2.24) is 20.1 Å². The molecular weight excluding hydrogens is 377 g/mol. The maximum atomic E-state index is 12.5. The summed E-state index contributed by atoms with van der Waals surface area (Å²) < 4.78 is 42.9. The fourth-order valence-corrected chi connectivity index (χ4v) is 3.27. The van der Waals surface area contributed by atoms with Gasteiger partial charge in [0.15, 0.2) is 0 Å². The Bertz CT molecular complexity index is 690. The molecule has 10 heteroatoms. The Labute approximate surface area is 160 Å². The van der Waals surface area contributed by atoms with Crippen LogP contribution in [0.1, 0.15) is 17.7 Å². The molecule has 2 fully saturated rings. The lowest BCUT2D eigenvalue weighted by Gasteiger charge is -2.28. The molecule has 0 radical (unpaired) electrons. The predicted octanol–water partition coefficient (Wildman–Crippen LogP) is 0.897. The average Bonchev–Trinajstić information content (AvgIpc) is 3.06. The number of carbonyl (C=O) groups excluding carboxylic acids is 2. The van der Waals surface area contributed by atoms with Crippen LogP contribution in [0.3, 0.4) is 0 Å². The van der Waals surface area contributed by atoms with Crippen molar-refractivity contribution in [3.63, 3.8) is 0 Å². The molecule has 3 rings (SSSR count). The summed E-state index contributed by atoms with van der Waals surface area (Å²) in [6.45, 7) is 4.76. The number of hydrogen-bond acceptors (Lipinski definition) is 5. The molecule has 2 aliphatic rings. The standard InChI is InChI=1S/C18H23F3N4O3/c19-18(20,21)14-1-2-15(22-10-14)11-23-17(27)13-9-16(26)25(12-13)4-3-24-5-7-28-8-6-24/h1-2,10,13H,3-9,11-12H2,(H,23,27). The van der Waals surface area contributed by atoms with Crippen LogP contribution < -0.4 is 5.32 Å². The SMILES string of the molecule is O=C(NCc1ccc(C(F)(F)F)cn1)C1CC(=O)N(CCN2CCOCC2)C1. The molecule has 1 N–H and O–H groups in total. The lowest BCUT2D eigenvalue weighted by Crippen LogP contribution is -2.42. The molecular formula is C18H23F3N4O3. The molecule has 2 amide bonds. The highest BCUT2D eigenvalue weighted by molar-refractivity contribution is 5.89. The van der Waals surface area contributed by atoms with Gasteiger partial charge < -0.3 is 15.0 Å². The van der Waals surface area contributed by atoms with Gasteiger partial charge in [-0.3, -0.25) is 19.5 Å². The van der Waals surface area contributed by atoms with Crippen molar-refractivity contribution < 1.29 is 27.5 Å². The van der Waals surface area contributed by atoms with Crippen LogP contribution >= 0.6 is 0 Å².